The van der Waals surface area contributed by atoms with E-state index in [1.807, 2.05) is 0 Å². The Morgan fingerprint density at radius 1 is 1.25 bits per heavy atom. The predicted molar refractivity (Wildman–Crippen MR) is 71.4 cm³/mol. The number of carbonyl (C=O) groups excluding carboxylic acids is 1. The summed E-state index contributed by atoms with van der Waals surface area (Å²) < 4.78 is 26.3. The summed E-state index contributed by atoms with van der Waals surface area (Å²) in [5, 5.41) is 8.63. The van der Waals surface area contributed by atoms with Crippen molar-refractivity contribution in [2.75, 3.05) is 0 Å². The Hall–Kier alpha value is -1.93. The molecule has 0 spiro atoms. The third-order valence-corrected chi connectivity index (χ3v) is 4.27. The standard InChI is InChI=1S/C12H16N2O5S/c1-12(2,11(13)17)14-20(18,19)9-5-3-8(4-6-9)7-10(15)16/h3-6,14H,7H2,1-2H3,(H2,13,17)(H,15,16). The minimum Gasteiger partial charge on any atom is -0.481 e. The first-order chi connectivity index (χ1) is 9.04. The SMILES string of the molecule is CC(C)(NS(=O)(=O)c1ccc(CC(=O)O)cc1)C(N)=O. The maximum Gasteiger partial charge on any atom is 0.307 e. The van der Waals surface area contributed by atoms with Crippen molar-refractivity contribution in [2.24, 2.45) is 5.73 Å². The minimum atomic E-state index is -3.91. The van der Waals surface area contributed by atoms with E-state index in [4.69, 9.17) is 10.8 Å². The van der Waals surface area contributed by atoms with Crippen LogP contribution in [-0.2, 0) is 26.0 Å². The predicted octanol–water partition coefficient (Wildman–Crippen LogP) is -0.144. The van der Waals surface area contributed by atoms with Gasteiger partial charge in [-0.25, -0.2) is 8.42 Å². The number of nitrogens with one attached hydrogen (secondary N) is 1. The van der Waals surface area contributed by atoms with Gasteiger partial charge in [-0.1, -0.05) is 12.1 Å². The Kier molecular flexibility index (Phi) is 4.51. The van der Waals surface area contributed by atoms with Crippen LogP contribution in [-0.4, -0.2) is 30.9 Å². The van der Waals surface area contributed by atoms with Gasteiger partial charge in [-0.05, 0) is 31.5 Å². The number of carbonyl (C=O) groups is 2. The van der Waals surface area contributed by atoms with E-state index in [-0.39, 0.29) is 11.3 Å². The molecule has 0 aliphatic rings. The number of carboxylic acids is 1. The molecule has 4 N–H and O–H groups in total. The molecule has 0 fully saturated rings. The van der Waals surface area contributed by atoms with Gasteiger partial charge in [0.15, 0.2) is 0 Å². The van der Waals surface area contributed by atoms with Crippen LogP contribution in [0.4, 0.5) is 0 Å². The van der Waals surface area contributed by atoms with Crippen molar-refractivity contribution in [1.29, 1.82) is 0 Å². The summed E-state index contributed by atoms with van der Waals surface area (Å²) in [7, 11) is -3.91. The number of rotatable bonds is 6. The lowest BCUT2D eigenvalue weighted by molar-refractivity contribution is -0.136. The molecule has 1 aromatic carbocycles. The molecule has 20 heavy (non-hydrogen) atoms. The summed E-state index contributed by atoms with van der Waals surface area (Å²) in [4.78, 5) is 21.6. The van der Waals surface area contributed by atoms with E-state index in [9.17, 15) is 18.0 Å². The van der Waals surface area contributed by atoms with Gasteiger partial charge in [0.25, 0.3) is 0 Å². The van der Waals surface area contributed by atoms with Crippen molar-refractivity contribution >= 4 is 21.9 Å². The minimum absolute atomic E-state index is 0.0686. The van der Waals surface area contributed by atoms with Gasteiger partial charge in [-0.2, -0.15) is 4.72 Å². The lowest BCUT2D eigenvalue weighted by atomic mass is 10.1. The molecule has 0 unspecified atom stereocenters. The molecule has 8 heteroatoms. The maximum absolute atomic E-state index is 12.1. The summed E-state index contributed by atoms with van der Waals surface area (Å²) in [6.45, 7) is 2.71. The summed E-state index contributed by atoms with van der Waals surface area (Å²) in [5.41, 5.74) is 4.16. The summed E-state index contributed by atoms with van der Waals surface area (Å²) in [5.74, 6) is -1.81. The second kappa shape index (κ2) is 5.59. The second-order valence-corrected chi connectivity index (χ2v) is 6.49. The monoisotopic (exact) mass is 300 g/mol. The molecule has 0 aliphatic heterocycles. The van der Waals surface area contributed by atoms with Gasteiger partial charge in [0.2, 0.25) is 15.9 Å². The first-order valence-electron chi connectivity index (χ1n) is 5.69. The van der Waals surface area contributed by atoms with Crippen molar-refractivity contribution in [3.63, 3.8) is 0 Å². The topological polar surface area (TPSA) is 127 Å². The average molecular weight is 300 g/mol. The zero-order valence-electron chi connectivity index (χ0n) is 11.1. The van der Waals surface area contributed by atoms with Gasteiger partial charge >= 0.3 is 5.97 Å². The smallest absolute Gasteiger partial charge is 0.307 e. The van der Waals surface area contributed by atoms with Crippen molar-refractivity contribution in [1.82, 2.24) is 4.72 Å². The Balaban J connectivity index is 2.99. The van der Waals surface area contributed by atoms with E-state index < -0.39 is 27.4 Å². The van der Waals surface area contributed by atoms with Crippen LogP contribution in [0.1, 0.15) is 19.4 Å². The molecule has 0 aromatic heterocycles. The van der Waals surface area contributed by atoms with Gasteiger partial charge in [-0.15, -0.1) is 0 Å². The van der Waals surface area contributed by atoms with E-state index in [1.165, 1.54) is 38.1 Å². The van der Waals surface area contributed by atoms with Gasteiger partial charge in [0.1, 0.15) is 5.54 Å². The highest BCUT2D eigenvalue weighted by Crippen LogP contribution is 2.14. The first-order valence-corrected chi connectivity index (χ1v) is 7.17. The van der Waals surface area contributed by atoms with Crippen LogP contribution in [0.3, 0.4) is 0 Å². The van der Waals surface area contributed by atoms with Crippen LogP contribution in [0.2, 0.25) is 0 Å². The van der Waals surface area contributed by atoms with Crippen LogP contribution in [0.5, 0.6) is 0 Å². The zero-order chi connectivity index (χ0) is 15.6. The van der Waals surface area contributed by atoms with Crippen molar-refractivity contribution in [3.05, 3.63) is 29.8 Å². The summed E-state index contributed by atoms with van der Waals surface area (Å²) in [6, 6.07) is 5.36. The number of hydrogen-bond acceptors (Lipinski definition) is 4. The number of nitrogens with two attached hydrogens (primary N) is 1. The number of sulfonamides is 1. The fourth-order valence-corrected chi connectivity index (χ4v) is 2.79. The van der Waals surface area contributed by atoms with Crippen LogP contribution < -0.4 is 10.5 Å². The third kappa shape index (κ3) is 4.04. The molecule has 0 heterocycles. The number of amides is 1. The molecule has 0 saturated heterocycles. The van der Waals surface area contributed by atoms with Crippen LogP contribution in [0.15, 0.2) is 29.2 Å². The Labute approximate surface area is 116 Å². The molecular formula is C12H16N2O5S. The number of carboxylic acid groups (broad SMARTS) is 1. The van der Waals surface area contributed by atoms with Gasteiger partial charge in [0, 0.05) is 0 Å². The molecule has 1 rings (SSSR count). The Bertz CT molecular complexity index is 620. The fraction of sp³-hybridized carbons (Fsp3) is 0.333. The highest BCUT2D eigenvalue weighted by atomic mass is 32.2. The molecule has 0 saturated carbocycles. The van der Waals surface area contributed by atoms with Crippen molar-refractivity contribution in [2.45, 2.75) is 30.7 Å². The van der Waals surface area contributed by atoms with Crippen LogP contribution >= 0.6 is 0 Å². The molecule has 0 aliphatic carbocycles. The molecular weight excluding hydrogens is 284 g/mol. The van der Waals surface area contributed by atoms with Crippen molar-refractivity contribution < 1.29 is 23.1 Å². The lowest BCUT2D eigenvalue weighted by Gasteiger charge is -2.22. The molecule has 110 valence electrons. The summed E-state index contributed by atoms with van der Waals surface area (Å²) in [6.07, 6.45) is -0.194. The molecule has 0 bridgehead atoms. The molecule has 0 atom stereocenters. The third-order valence-electron chi connectivity index (χ3n) is 2.59. The van der Waals surface area contributed by atoms with Gasteiger partial charge in [0.05, 0.1) is 11.3 Å². The number of aliphatic carboxylic acids is 1. The Morgan fingerprint density at radius 3 is 2.15 bits per heavy atom. The maximum atomic E-state index is 12.1. The van der Waals surface area contributed by atoms with Crippen molar-refractivity contribution in [3.8, 4) is 0 Å². The summed E-state index contributed by atoms with van der Waals surface area (Å²) >= 11 is 0. The zero-order valence-corrected chi connectivity index (χ0v) is 11.9. The van der Waals surface area contributed by atoms with Crippen LogP contribution in [0.25, 0.3) is 0 Å². The van der Waals surface area contributed by atoms with Gasteiger partial charge < -0.3 is 10.8 Å². The average Bonchev–Trinajstić information content (AvgIpc) is 2.27. The molecule has 0 radical (unpaired) electrons. The highest BCUT2D eigenvalue weighted by molar-refractivity contribution is 7.89. The van der Waals surface area contributed by atoms with E-state index in [2.05, 4.69) is 4.72 Å². The largest absolute Gasteiger partial charge is 0.481 e. The van der Waals surface area contributed by atoms with E-state index >= 15 is 0 Å². The molecule has 1 aromatic rings. The number of benzene rings is 1. The fourth-order valence-electron chi connectivity index (χ4n) is 1.41. The molecule has 1 amide bonds. The van der Waals surface area contributed by atoms with Crippen LogP contribution in [0, 0.1) is 0 Å². The highest BCUT2D eigenvalue weighted by Gasteiger charge is 2.31. The Morgan fingerprint density at radius 2 is 1.75 bits per heavy atom. The van der Waals surface area contributed by atoms with E-state index in [0.29, 0.717) is 5.56 Å². The quantitative estimate of drug-likeness (QED) is 0.673. The molecule has 7 nitrogen and oxygen atoms in total. The normalized spacial score (nSPS) is 12.1. The lowest BCUT2D eigenvalue weighted by Crippen LogP contribution is -2.52. The van der Waals surface area contributed by atoms with Gasteiger partial charge in [-0.3, -0.25) is 9.59 Å². The van der Waals surface area contributed by atoms with E-state index in [1.54, 1.807) is 0 Å². The first kappa shape index (κ1) is 16.1. The number of hydrogen-bond donors (Lipinski definition) is 3. The number of primary amides is 1. The van der Waals surface area contributed by atoms with E-state index in [0.717, 1.165) is 0 Å². The second-order valence-electron chi connectivity index (χ2n) is 4.81.